The van der Waals surface area contributed by atoms with E-state index in [2.05, 4.69) is 43.1 Å². The largest absolute Gasteiger partial charge is 0.374 e. The molecule has 1 fully saturated rings. The zero-order chi connectivity index (χ0) is 13.0. The van der Waals surface area contributed by atoms with Gasteiger partial charge in [0.05, 0.1) is 0 Å². The summed E-state index contributed by atoms with van der Waals surface area (Å²) in [5, 5.41) is 0. The molecule has 1 aromatic rings. The highest BCUT2D eigenvalue weighted by Crippen LogP contribution is 2.25. The van der Waals surface area contributed by atoms with E-state index in [1.54, 1.807) is 0 Å². The van der Waals surface area contributed by atoms with E-state index in [0.29, 0.717) is 6.04 Å². The fraction of sp³-hybridized carbons (Fsp3) is 0.625. The minimum atomic E-state index is 0.454. The number of hydrogen-bond donors (Lipinski definition) is 1. The molecule has 0 unspecified atom stereocenters. The second kappa shape index (κ2) is 6.24. The second-order valence-corrected chi connectivity index (χ2v) is 5.68. The maximum atomic E-state index is 5.96. The van der Waals surface area contributed by atoms with Crippen molar-refractivity contribution in [2.45, 2.75) is 45.1 Å². The van der Waals surface area contributed by atoms with Crippen molar-refractivity contribution in [1.82, 2.24) is 0 Å². The van der Waals surface area contributed by atoms with E-state index in [1.165, 1.54) is 36.9 Å². The molecule has 0 aromatic heterocycles. The summed E-state index contributed by atoms with van der Waals surface area (Å²) in [4.78, 5) is 2.39. The van der Waals surface area contributed by atoms with Crippen LogP contribution in [0, 0.1) is 5.92 Å². The minimum Gasteiger partial charge on any atom is -0.374 e. The highest BCUT2D eigenvalue weighted by molar-refractivity contribution is 5.46. The van der Waals surface area contributed by atoms with Crippen molar-refractivity contribution in [2.75, 3.05) is 18.5 Å². The van der Waals surface area contributed by atoms with Gasteiger partial charge in [0.15, 0.2) is 0 Å². The molecule has 1 aliphatic carbocycles. The van der Waals surface area contributed by atoms with E-state index in [9.17, 15) is 0 Å². The van der Waals surface area contributed by atoms with Crippen LogP contribution in [-0.2, 0) is 6.42 Å². The van der Waals surface area contributed by atoms with Gasteiger partial charge in [0.25, 0.3) is 0 Å². The highest BCUT2D eigenvalue weighted by Gasteiger charge is 2.19. The molecule has 0 spiro atoms. The summed E-state index contributed by atoms with van der Waals surface area (Å²) < 4.78 is 0. The third kappa shape index (κ3) is 3.49. The predicted octanol–water partition coefficient (Wildman–Crippen LogP) is 3.20. The van der Waals surface area contributed by atoms with Crippen molar-refractivity contribution in [3.8, 4) is 0 Å². The van der Waals surface area contributed by atoms with Crippen molar-refractivity contribution in [3.63, 3.8) is 0 Å². The molecule has 0 saturated heterocycles. The molecule has 2 nitrogen and oxygen atoms in total. The molecular formula is C16H26N2. The Balaban J connectivity index is 1.88. The quantitative estimate of drug-likeness (QED) is 0.884. The van der Waals surface area contributed by atoms with Crippen LogP contribution < -0.4 is 10.6 Å². The molecule has 0 bridgehead atoms. The topological polar surface area (TPSA) is 29.3 Å². The number of aryl methyl sites for hydroxylation is 1. The Kier molecular flexibility index (Phi) is 4.65. The van der Waals surface area contributed by atoms with Crippen molar-refractivity contribution in [2.24, 2.45) is 11.7 Å². The molecule has 0 heterocycles. The molecule has 0 aliphatic heterocycles. The van der Waals surface area contributed by atoms with Gasteiger partial charge in [-0.05, 0) is 55.7 Å². The maximum absolute atomic E-state index is 5.96. The van der Waals surface area contributed by atoms with Gasteiger partial charge in [-0.1, -0.05) is 19.1 Å². The first kappa shape index (κ1) is 13.4. The van der Waals surface area contributed by atoms with Gasteiger partial charge in [-0.15, -0.1) is 0 Å². The summed E-state index contributed by atoms with van der Waals surface area (Å²) in [6, 6.07) is 9.42. The van der Waals surface area contributed by atoms with Gasteiger partial charge in [0.1, 0.15) is 0 Å². The van der Waals surface area contributed by atoms with E-state index in [0.717, 1.165) is 18.9 Å². The van der Waals surface area contributed by atoms with Crippen molar-refractivity contribution >= 4 is 5.69 Å². The first-order valence-electron chi connectivity index (χ1n) is 7.24. The fourth-order valence-electron chi connectivity index (χ4n) is 2.85. The van der Waals surface area contributed by atoms with Crippen LogP contribution in [0.5, 0.6) is 0 Å². The summed E-state index contributed by atoms with van der Waals surface area (Å²) in [6.45, 7) is 3.36. The highest BCUT2D eigenvalue weighted by atomic mass is 15.1. The number of rotatable bonds is 4. The summed E-state index contributed by atoms with van der Waals surface area (Å²) in [5.41, 5.74) is 8.71. The Morgan fingerprint density at radius 1 is 1.11 bits per heavy atom. The molecule has 0 radical (unpaired) electrons. The van der Waals surface area contributed by atoms with Crippen LogP contribution in [0.1, 0.15) is 38.2 Å². The zero-order valence-electron chi connectivity index (χ0n) is 11.7. The number of anilines is 1. The van der Waals surface area contributed by atoms with E-state index in [-0.39, 0.29) is 0 Å². The Bertz CT molecular complexity index is 350. The third-order valence-electron chi connectivity index (χ3n) is 4.21. The van der Waals surface area contributed by atoms with Crippen LogP contribution in [0.15, 0.2) is 24.3 Å². The molecule has 2 heteroatoms. The average molecular weight is 246 g/mol. The van der Waals surface area contributed by atoms with E-state index in [4.69, 9.17) is 5.73 Å². The Hall–Kier alpha value is -1.02. The smallest absolute Gasteiger partial charge is 0.0363 e. The fourth-order valence-corrected chi connectivity index (χ4v) is 2.85. The first-order valence-corrected chi connectivity index (χ1v) is 7.24. The van der Waals surface area contributed by atoms with Gasteiger partial charge >= 0.3 is 0 Å². The molecule has 1 saturated carbocycles. The van der Waals surface area contributed by atoms with Crippen LogP contribution in [0.25, 0.3) is 0 Å². The lowest BCUT2D eigenvalue weighted by Crippen LogP contribution is -2.32. The molecular weight excluding hydrogens is 220 g/mol. The van der Waals surface area contributed by atoms with Gasteiger partial charge in [-0.25, -0.2) is 0 Å². The van der Waals surface area contributed by atoms with Crippen molar-refractivity contribution in [1.29, 1.82) is 0 Å². The number of nitrogens with two attached hydrogens (primary N) is 1. The normalized spacial score (nSPS) is 23.9. The summed E-state index contributed by atoms with van der Waals surface area (Å²) in [6.07, 6.45) is 6.10. The van der Waals surface area contributed by atoms with Gasteiger partial charge in [-0.2, -0.15) is 0 Å². The number of nitrogens with zero attached hydrogens (tertiary/aromatic N) is 1. The number of benzene rings is 1. The van der Waals surface area contributed by atoms with E-state index in [1.807, 2.05) is 0 Å². The van der Waals surface area contributed by atoms with Crippen LogP contribution in [0.4, 0.5) is 5.69 Å². The van der Waals surface area contributed by atoms with Crippen LogP contribution in [-0.4, -0.2) is 19.6 Å². The maximum Gasteiger partial charge on any atom is 0.0363 e. The molecule has 1 aliphatic rings. The lowest BCUT2D eigenvalue weighted by Gasteiger charge is -2.30. The molecule has 18 heavy (non-hydrogen) atoms. The van der Waals surface area contributed by atoms with Gasteiger partial charge in [0.2, 0.25) is 0 Å². The Labute approximate surface area is 111 Å². The van der Waals surface area contributed by atoms with E-state index >= 15 is 0 Å². The lowest BCUT2D eigenvalue weighted by molar-refractivity contribution is 0.330. The van der Waals surface area contributed by atoms with Gasteiger partial charge in [-0.3, -0.25) is 0 Å². The first-order chi connectivity index (χ1) is 8.69. The minimum absolute atomic E-state index is 0.454. The van der Waals surface area contributed by atoms with Crippen molar-refractivity contribution in [3.05, 3.63) is 29.8 Å². The van der Waals surface area contributed by atoms with E-state index < -0.39 is 0 Å². The second-order valence-electron chi connectivity index (χ2n) is 5.68. The lowest BCUT2D eigenvalue weighted by atomic mass is 9.86. The SMILES string of the molecule is CCc1ccc(N(C)CC2CCC(N)CC2)cc1. The number of hydrogen-bond acceptors (Lipinski definition) is 2. The van der Waals surface area contributed by atoms with Gasteiger partial charge in [0, 0.05) is 25.3 Å². The monoisotopic (exact) mass is 246 g/mol. The molecule has 2 rings (SSSR count). The predicted molar refractivity (Wildman–Crippen MR) is 79.0 cm³/mol. The van der Waals surface area contributed by atoms with Crippen LogP contribution in [0.3, 0.4) is 0 Å². The summed E-state index contributed by atoms with van der Waals surface area (Å²) in [7, 11) is 2.20. The van der Waals surface area contributed by atoms with Crippen LogP contribution >= 0.6 is 0 Å². The Morgan fingerprint density at radius 3 is 2.28 bits per heavy atom. The molecule has 1 aromatic carbocycles. The van der Waals surface area contributed by atoms with Crippen molar-refractivity contribution < 1.29 is 0 Å². The summed E-state index contributed by atoms with van der Waals surface area (Å²) >= 11 is 0. The third-order valence-corrected chi connectivity index (χ3v) is 4.21. The molecule has 0 atom stereocenters. The standard InChI is InChI=1S/C16H26N2/c1-3-13-6-10-16(11-7-13)18(2)12-14-4-8-15(17)9-5-14/h6-7,10-11,14-15H,3-5,8-9,12,17H2,1-2H3. The molecule has 100 valence electrons. The summed E-state index contributed by atoms with van der Waals surface area (Å²) in [5.74, 6) is 0.820. The Morgan fingerprint density at radius 2 is 1.72 bits per heavy atom. The molecule has 0 amide bonds. The van der Waals surface area contributed by atoms with Gasteiger partial charge < -0.3 is 10.6 Å². The molecule has 2 N–H and O–H groups in total. The van der Waals surface area contributed by atoms with Crippen LogP contribution in [0.2, 0.25) is 0 Å². The zero-order valence-corrected chi connectivity index (χ0v) is 11.7. The average Bonchev–Trinajstić information content (AvgIpc) is 2.41.